The van der Waals surface area contributed by atoms with E-state index in [2.05, 4.69) is 26.8 Å². The monoisotopic (exact) mass is 633 g/mol. The van der Waals surface area contributed by atoms with Crippen LogP contribution in [0.2, 0.25) is 5.02 Å². The van der Waals surface area contributed by atoms with Gasteiger partial charge in [-0.1, -0.05) is 29.8 Å². The molecule has 228 valence electrons. The van der Waals surface area contributed by atoms with Gasteiger partial charge in [-0.2, -0.15) is 22.6 Å². The lowest BCUT2D eigenvalue weighted by Crippen LogP contribution is -2.39. The van der Waals surface area contributed by atoms with Gasteiger partial charge in [0.15, 0.2) is 5.78 Å². The van der Waals surface area contributed by atoms with Gasteiger partial charge in [-0.25, -0.2) is 8.42 Å². The number of fused-ring (bicyclic) bond motifs is 2. The summed E-state index contributed by atoms with van der Waals surface area (Å²) in [6.07, 6.45) is 0.867. The van der Waals surface area contributed by atoms with Crippen molar-refractivity contribution in [2.75, 3.05) is 32.4 Å². The number of ketones is 1. The van der Waals surface area contributed by atoms with Crippen molar-refractivity contribution < 1.29 is 26.4 Å². The minimum absolute atomic E-state index is 0.00249. The molecule has 1 saturated heterocycles. The van der Waals surface area contributed by atoms with Crippen molar-refractivity contribution >= 4 is 38.3 Å². The molecule has 0 amide bonds. The lowest BCUT2D eigenvalue weighted by molar-refractivity contribution is -0.137. The Morgan fingerprint density at radius 1 is 1.02 bits per heavy atom. The van der Waals surface area contributed by atoms with Crippen molar-refractivity contribution in [1.82, 2.24) is 23.6 Å². The Bertz CT molecular complexity index is 1770. The van der Waals surface area contributed by atoms with Gasteiger partial charge in [0.1, 0.15) is 6.54 Å². The van der Waals surface area contributed by atoms with Crippen LogP contribution in [-0.4, -0.2) is 70.2 Å². The van der Waals surface area contributed by atoms with E-state index in [9.17, 15) is 26.4 Å². The van der Waals surface area contributed by atoms with Crippen LogP contribution in [0.25, 0.3) is 22.2 Å². The molecule has 4 aromatic rings. The van der Waals surface area contributed by atoms with Crippen LogP contribution in [0, 0.1) is 0 Å². The van der Waals surface area contributed by atoms with Gasteiger partial charge in [0, 0.05) is 72.2 Å². The quantitative estimate of drug-likeness (QED) is 0.272. The second kappa shape index (κ2) is 11.4. The number of alkyl halides is 3. The smallest absolute Gasteiger partial charge is 0.344 e. The predicted octanol–water partition coefficient (Wildman–Crippen LogP) is 5.40. The van der Waals surface area contributed by atoms with Crippen molar-refractivity contribution in [2.45, 2.75) is 44.6 Å². The van der Waals surface area contributed by atoms with E-state index in [-0.39, 0.29) is 32.0 Å². The molecule has 0 radical (unpaired) electrons. The van der Waals surface area contributed by atoms with Gasteiger partial charge >= 0.3 is 6.18 Å². The Kier molecular flexibility index (Phi) is 7.91. The van der Waals surface area contributed by atoms with E-state index in [1.165, 1.54) is 16.4 Å². The molecule has 0 saturated carbocycles. The van der Waals surface area contributed by atoms with Crippen molar-refractivity contribution in [1.29, 1.82) is 0 Å². The zero-order valence-corrected chi connectivity index (χ0v) is 25.1. The molecule has 6 rings (SSSR count). The van der Waals surface area contributed by atoms with Crippen molar-refractivity contribution in [3.63, 3.8) is 0 Å². The Morgan fingerprint density at radius 3 is 2.42 bits per heavy atom. The fourth-order valence-electron chi connectivity index (χ4n) is 6.19. The van der Waals surface area contributed by atoms with E-state index in [1.54, 1.807) is 4.68 Å². The Labute approximate surface area is 252 Å². The Balaban J connectivity index is 1.17. The van der Waals surface area contributed by atoms with E-state index in [0.29, 0.717) is 34.3 Å². The van der Waals surface area contributed by atoms with Crippen LogP contribution in [0.1, 0.15) is 35.7 Å². The van der Waals surface area contributed by atoms with Crippen LogP contribution in [0.4, 0.5) is 13.2 Å². The van der Waals surface area contributed by atoms with Crippen molar-refractivity contribution in [3.05, 3.63) is 76.6 Å². The minimum Gasteiger partial charge on any atom is -0.344 e. The molecule has 0 unspecified atom stereocenters. The Morgan fingerprint density at radius 2 is 1.74 bits per heavy atom. The summed E-state index contributed by atoms with van der Waals surface area (Å²) in [6.45, 7) is 2.06. The van der Waals surface area contributed by atoms with E-state index < -0.39 is 21.8 Å². The average Bonchev–Trinajstić information content (AvgIpc) is 3.53. The van der Waals surface area contributed by atoms with Crippen molar-refractivity contribution in [3.8, 4) is 11.3 Å². The number of carbonyl (C=O) groups excluding carboxylic acids is 1. The molecule has 43 heavy (non-hydrogen) atoms. The maximum atomic E-state index is 13.3. The van der Waals surface area contributed by atoms with Gasteiger partial charge in [0.05, 0.1) is 24.1 Å². The van der Waals surface area contributed by atoms with Crippen LogP contribution >= 0.6 is 11.6 Å². The first kappa shape index (κ1) is 29.9. The molecule has 0 aliphatic carbocycles. The van der Waals surface area contributed by atoms with Gasteiger partial charge in [-0.15, -0.1) is 0 Å². The third-order valence-electron chi connectivity index (χ3n) is 8.42. The zero-order valence-electron chi connectivity index (χ0n) is 23.5. The highest BCUT2D eigenvalue weighted by atomic mass is 35.5. The highest BCUT2D eigenvalue weighted by molar-refractivity contribution is 7.88. The van der Waals surface area contributed by atoms with Crippen LogP contribution < -0.4 is 0 Å². The SMILES string of the molecule is CS(=O)(=O)N1CCc2c(c(-c3ccc(C(F)(F)F)cc3)nn2CC(=O)CN2CCC(n3ccc4ccc(Cl)cc43)CC2)C1. The summed E-state index contributed by atoms with van der Waals surface area (Å²) < 4.78 is 69.2. The largest absolute Gasteiger partial charge is 0.416 e. The van der Waals surface area contributed by atoms with Gasteiger partial charge < -0.3 is 4.57 Å². The summed E-state index contributed by atoms with van der Waals surface area (Å²) >= 11 is 6.23. The van der Waals surface area contributed by atoms with Gasteiger partial charge in [0.25, 0.3) is 0 Å². The summed E-state index contributed by atoms with van der Waals surface area (Å²) in [5.41, 5.74) is 2.50. The van der Waals surface area contributed by atoms with Crippen LogP contribution in [-0.2, 0) is 40.5 Å². The number of Topliss-reactive ketones (excluding diaryl/α,β-unsaturated/α-hetero) is 1. The number of nitrogens with zero attached hydrogens (tertiary/aromatic N) is 5. The second-order valence-electron chi connectivity index (χ2n) is 11.3. The second-order valence-corrected chi connectivity index (χ2v) is 13.7. The maximum Gasteiger partial charge on any atom is 0.416 e. The summed E-state index contributed by atoms with van der Waals surface area (Å²) in [4.78, 5) is 15.4. The zero-order chi connectivity index (χ0) is 30.5. The topological polar surface area (TPSA) is 80.4 Å². The maximum absolute atomic E-state index is 13.3. The van der Waals surface area contributed by atoms with Gasteiger partial charge in [-0.05, 0) is 48.6 Å². The molecular formula is C30H31ClF3N5O3S. The summed E-state index contributed by atoms with van der Waals surface area (Å²) in [6, 6.07) is 12.9. The standard InChI is InChI=1S/C30H31ClF3N5O3S/c1-43(41,42)37-14-11-27-26(19-37)29(21-2-5-22(6-3-21)30(32,33)34)35-39(27)18-25(40)17-36-12-9-24(10-13-36)38-15-8-20-4-7-23(31)16-28(20)38/h2-8,15-16,24H,9-14,17-19H2,1H3. The highest BCUT2D eigenvalue weighted by Crippen LogP contribution is 2.35. The van der Waals surface area contributed by atoms with Crippen LogP contribution in [0.5, 0.6) is 0 Å². The molecule has 1 fully saturated rings. The number of piperidine rings is 1. The lowest BCUT2D eigenvalue weighted by atomic mass is 10.0. The predicted molar refractivity (Wildman–Crippen MR) is 158 cm³/mol. The number of sulfonamides is 1. The molecule has 0 spiro atoms. The highest BCUT2D eigenvalue weighted by Gasteiger charge is 2.33. The first-order chi connectivity index (χ1) is 20.4. The van der Waals surface area contributed by atoms with Crippen LogP contribution in [0.15, 0.2) is 54.7 Å². The Hall–Kier alpha value is -3.19. The molecule has 2 aliphatic rings. The fourth-order valence-corrected chi connectivity index (χ4v) is 7.14. The summed E-state index contributed by atoms with van der Waals surface area (Å²) in [7, 11) is -3.50. The van der Waals surface area contributed by atoms with E-state index in [0.717, 1.165) is 60.9 Å². The summed E-state index contributed by atoms with van der Waals surface area (Å²) in [5, 5.41) is 6.48. The summed E-state index contributed by atoms with van der Waals surface area (Å²) in [5.74, 6) is -0.0357. The molecule has 13 heteroatoms. The molecule has 8 nitrogen and oxygen atoms in total. The molecule has 0 bridgehead atoms. The van der Waals surface area contributed by atoms with E-state index in [1.807, 2.05) is 18.2 Å². The number of likely N-dealkylation sites (tertiary alicyclic amines) is 1. The minimum atomic E-state index is -4.48. The molecule has 4 heterocycles. The number of aromatic nitrogens is 3. The lowest BCUT2D eigenvalue weighted by Gasteiger charge is -2.32. The number of benzene rings is 2. The number of hydrogen-bond donors (Lipinski definition) is 0. The molecule has 2 aromatic heterocycles. The third-order valence-corrected chi connectivity index (χ3v) is 9.90. The molecule has 2 aromatic carbocycles. The number of hydrogen-bond acceptors (Lipinski definition) is 5. The van der Waals surface area contributed by atoms with Crippen LogP contribution in [0.3, 0.4) is 0 Å². The molecule has 0 atom stereocenters. The normalized spacial score (nSPS) is 17.4. The molecular weight excluding hydrogens is 603 g/mol. The first-order valence-corrected chi connectivity index (χ1v) is 16.3. The van der Waals surface area contributed by atoms with E-state index >= 15 is 0 Å². The average molecular weight is 634 g/mol. The third kappa shape index (κ3) is 6.24. The number of rotatable bonds is 7. The van der Waals surface area contributed by atoms with Crippen molar-refractivity contribution in [2.24, 2.45) is 0 Å². The van der Waals surface area contributed by atoms with E-state index in [4.69, 9.17) is 11.6 Å². The number of carbonyl (C=O) groups is 1. The number of halogens is 4. The first-order valence-electron chi connectivity index (χ1n) is 14.1. The molecule has 0 N–H and O–H groups in total. The molecule has 2 aliphatic heterocycles. The van der Waals surface area contributed by atoms with Gasteiger partial charge in [0.2, 0.25) is 10.0 Å². The fraction of sp³-hybridized carbons (Fsp3) is 0.400. The van der Waals surface area contributed by atoms with Gasteiger partial charge in [-0.3, -0.25) is 14.4 Å².